The number of halogens is 1. The van der Waals surface area contributed by atoms with Gasteiger partial charge in [-0.1, -0.05) is 48.0 Å². The summed E-state index contributed by atoms with van der Waals surface area (Å²) in [4.78, 5) is 17.5. The van der Waals surface area contributed by atoms with Gasteiger partial charge in [0.25, 0.3) is 11.1 Å². The predicted octanol–water partition coefficient (Wildman–Crippen LogP) is 7.55. The molecule has 0 bridgehead atoms. The van der Waals surface area contributed by atoms with Crippen molar-refractivity contribution in [1.29, 1.82) is 0 Å². The SMILES string of the molecule is C/C=C\C=C(\OC)C(=CF)c1cc(C)ncc1C(=O)Nc1nnc(OCC(/C=C\C(=C/C)C(C)OC)=C(C)CC)s1. The highest BCUT2D eigenvalue weighted by Crippen LogP contribution is 2.29. The molecule has 0 saturated carbocycles. The van der Waals surface area contributed by atoms with E-state index in [-0.39, 0.29) is 34.7 Å². The minimum Gasteiger partial charge on any atom is -0.496 e. The fraction of sp³-hybridized carbons (Fsp3) is 0.355. The molecule has 0 spiro atoms. The molecule has 0 aliphatic rings. The molecule has 41 heavy (non-hydrogen) atoms. The van der Waals surface area contributed by atoms with Crippen molar-refractivity contribution < 1.29 is 23.4 Å². The number of allylic oxidation sites excluding steroid dienone is 6. The van der Waals surface area contributed by atoms with Crippen molar-refractivity contribution in [3.05, 3.63) is 94.3 Å². The number of carbonyl (C=O) groups is 1. The van der Waals surface area contributed by atoms with Gasteiger partial charge in [0.15, 0.2) is 0 Å². The first-order valence-electron chi connectivity index (χ1n) is 13.2. The van der Waals surface area contributed by atoms with Crippen LogP contribution in [0.2, 0.25) is 0 Å². The third kappa shape index (κ3) is 9.61. The van der Waals surface area contributed by atoms with Crippen molar-refractivity contribution in [3.63, 3.8) is 0 Å². The number of nitrogens with zero attached hydrogens (tertiary/aromatic N) is 3. The van der Waals surface area contributed by atoms with Crippen molar-refractivity contribution >= 4 is 27.9 Å². The van der Waals surface area contributed by atoms with E-state index in [9.17, 15) is 9.18 Å². The summed E-state index contributed by atoms with van der Waals surface area (Å²) in [6.45, 7) is 12.0. The van der Waals surface area contributed by atoms with E-state index in [1.165, 1.54) is 18.9 Å². The van der Waals surface area contributed by atoms with Gasteiger partial charge in [-0.3, -0.25) is 15.1 Å². The number of hydrogen-bond donors (Lipinski definition) is 1. The second kappa shape index (κ2) is 17.0. The fourth-order valence-electron chi connectivity index (χ4n) is 3.62. The quantitative estimate of drug-likeness (QED) is 0.181. The molecule has 8 nitrogen and oxygen atoms in total. The normalized spacial score (nSPS) is 14.4. The van der Waals surface area contributed by atoms with Gasteiger partial charge in [-0.25, -0.2) is 4.39 Å². The third-order valence-electron chi connectivity index (χ3n) is 6.30. The second-order valence-electron chi connectivity index (χ2n) is 8.93. The zero-order chi connectivity index (χ0) is 30.4. The Morgan fingerprint density at radius 1 is 1.20 bits per heavy atom. The first-order valence-corrected chi connectivity index (χ1v) is 14.0. The molecule has 1 atom stereocenters. The Morgan fingerprint density at radius 3 is 2.56 bits per heavy atom. The van der Waals surface area contributed by atoms with Gasteiger partial charge in [0, 0.05) is 24.6 Å². The molecule has 10 heteroatoms. The van der Waals surface area contributed by atoms with Crippen LogP contribution >= 0.6 is 11.3 Å². The highest BCUT2D eigenvalue weighted by Gasteiger charge is 2.20. The lowest BCUT2D eigenvalue weighted by Crippen LogP contribution is -2.15. The number of ether oxygens (including phenoxy) is 3. The van der Waals surface area contributed by atoms with E-state index < -0.39 is 5.91 Å². The number of carbonyl (C=O) groups excluding carboxylic acids is 1. The van der Waals surface area contributed by atoms with Crippen molar-refractivity contribution in [2.45, 2.75) is 54.1 Å². The molecule has 1 amide bonds. The molecule has 2 aromatic rings. The highest BCUT2D eigenvalue weighted by atomic mass is 32.1. The summed E-state index contributed by atoms with van der Waals surface area (Å²) >= 11 is 1.09. The van der Waals surface area contributed by atoms with Crippen LogP contribution in [0.15, 0.2) is 77.5 Å². The number of hydrogen-bond acceptors (Lipinski definition) is 8. The Bertz CT molecular complexity index is 1370. The molecule has 0 saturated heterocycles. The van der Waals surface area contributed by atoms with Gasteiger partial charge in [0.1, 0.15) is 12.4 Å². The van der Waals surface area contributed by atoms with Gasteiger partial charge in [-0.05, 0) is 75.7 Å². The van der Waals surface area contributed by atoms with Crippen molar-refractivity contribution in [1.82, 2.24) is 15.2 Å². The average molecular weight is 583 g/mol. The number of aryl methyl sites for hydroxylation is 1. The Kier molecular flexibility index (Phi) is 13.8. The molecule has 1 N–H and O–H groups in total. The summed E-state index contributed by atoms with van der Waals surface area (Å²) in [6.07, 6.45) is 13.8. The number of rotatable bonds is 14. The van der Waals surface area contributed by atoms with Crippen LogP contribution in [0, 0.1) is 6.92 Å². The van der Waals surface area contributed by atoms with Crippen LogP contribution in [0.25, 0.3) is 5.57 Å². The number of amides is 1. The van der Waals surface area contributed by atoms with Crippen molar-refractivity contribution in [2.24, 2.45) is 0 Å². The topological polar surface area (TPSA) is 95.5 Å². The van der Waals surface area contributed by atoms with Gasteiger partial charge in [0.2, 0.25) is 5.13 Å². The first kappa shape index (κ1) is 33.3. The summed E-state index contributed by atoms with van der Waals surface area (Å²) in [5.41, 5.74) is 4.45. The van der Waals surface area contributed by atoms with Crippen molar-refractivity contribution in [3.8, 4) is 5.19 Å². The van der Waals surface area contributed by atoms with E-state index >= 15 is 0 Å². The first-order chi connectivity index (χ1) is 19.7. The Labute approximate surface area is 246 Å². The van der Waals surface area contributed by atoms with E-state index in [1.54, 1.807) is 38.3 Å². The molecule has 0 aliphatic heterocycles. The number of aromatic nitrogens is 3. The van der Waals surface area contributed by atoms with Crippen LogP contribution in [0.3, 0.4) is 0 Å². The highest BCUT2D eigenvalue weighted by molar-refractivity contribution is 7.17. The maximum Gasteiger partial charge on any atom is 0.296 e. The van der Waals surface area contributed by atoms with Crippen LogP contribution in [-0.2, 0) is 9.47 Å². The monoisotopic (exact) mass is 582 g/mol. The average Bonchev–Trinajstić information content (AvgIpc) is 3.43. The number of anilines is 1. The molecule has 0 fully saturated rings. The minimum absolute atomic E-state index is 0.0271. The van der Waals surface area contributed by atoms with Crippen LogP contribution in [-0.4, -0.2) is 48.0 Å². The largest absolute Gasteiger partial charge is 0.496 e. The number of nitrogens with one attached hydrogen (secondary N) is 1. The maximum absolute atomic E-state index is 14.1. The summed E-state index contributed by atoms with van der Waals surface area (Å²) < 4.78 is 30.8. The third-order valence-corrected chi connectivity index (χ3v) is 7.05. The van der Waals surface area contributed by atoms with E-state index in [4.69, 9.17) is 14.2 Å². The summed E-state index contributed by atoms with van der Waals surface area (Å²) in [5, 5.41) is 11.4. The van der Waals surface area contributed by atoms with Crippen LogP contribution in [0.4, 0.5) is 9.52 Å². The Balaban J connectivity index is 2.24. The molecular weight excluding hydrogens is 543 g/mol. The zero-order valence-electron chi connectivity index (χ0n) is 24.9. The predicted molar refractivity (Wildman–Crippen MR) is 164 cm³/mol. The van der Waals surface area contributed by atoms with Crippen LogP contribution < -0.4 is 10.1 Å². The second-order valence-corrected chi connectivity index (χ2v) is 9.87. The lowest BCUT2D eigenvalue weighted by Gasteiger charge is -2.14. The van der Waals surface area contributed by atoms with Crippen LogP contribution in [0.1, 0.15) is 62.7 Å². The smallest absolute Gasteiger partial charge is 0.296 e. The number of methoxy groups -OCH3 is 2. The Morgan fingerprint density at radius 2 is 1.95 bits per heavy atom. The molecule has 2 heterocycles. The maximum atomic E-state index is 14.1. The van der Waals surface area contributed by atoms with Gasteiger partial charge in [-0.2, -0.15) is 0 Å². The van der Waals surface area contributed by atoms with Gasteiger partial charge in [0.05, 0.1) is 30.7 Å². The lowest BCUT2D eigenvalue weighted by atomic mass is 9.99. The summed E-state index contributed by atoms with van der Waals surface area (Å²) in [7, 11) is 3.12. The van der Waals surface area contributed by atoms with E-state index in [0.29, 0.717) is 22.8 Å². The molecule has 0 radical (unpaired) electrons. The van der Waals surface area contributed by atoms with Gasteiger partial charge < -0.3 is 14.2 Å². The molecule has 220 valence electrons. The lowest BCUT2D eigenvalue weighted by molar-refractivity contribution is 0.102. The molecule has 0 aliphatic carbocycles. The summed E-state index contributed by atoms with van der Waals surface area (Å²) in [5.74, 6) is -0.261. The van der Waals surface area contributed by atoms with E-state index in [1.807, 2.05) is 39.0 Å². The molecule has 0 aromatic carbocycles. The van der Waals surface area contributed by atoms with Crippen LogP contribution in [0.5, 0.6) is 5.19 Å². The number of pyridine rings is 1. The molecular formula is C31H39FN4O4S. The van der Waals surface area contributed by atoms with Gasteiger partial charge in [-0.15, -0.1) is 5.10 Å². The standard InChI is InChI=1S/C31H39FN4O4S/c1-9-12-13-28(39-8)26(17-32)25-16-21(5)33-18-27(25)29(37)34-30-35-36-31(41-30)40-19-24(20(4)10-2)15-14-23(11-3)22(6)38-7/h9,11-18,22H,10,19H2,1-8H3,(H,34,35,37)/b12-9-,15-14-,23-11+,24-20?,26-17?,28-13+. The van der Waals surface area contributed by atoms with Crippen molar-refractivity contribution in [2.75, 3.05) is 26.1 Å². The molecule has 2 aromatic heterocycles. The molecule has 1 unspecified atom stereocenters. The minimum atomic E-state index is -0.521. The molecule has 2 rings (SSSR count). The summed E-state index contributed by atoms with van der Waals surface area (Å²) in [6, 6.07) is 1.63. The van der Waals surface area contributed by atoms with Gasteiger partial charge >= 0.3 is 0 Å². The Hall–Kier alpha value is -3.89. The van der Waals surface area contributed by atoms with E-state index in [0.717, 1.165) is 28.9 Å². The van der Waals surface area contributed by atoms with E-state index in [2.05, 4.69) is 34.3 Å². The fourth-order valence-corrected chi connectivity index (χ4v) is 4.21. The zero-order valence-corrected chi connectivity index (χ0v) is 25.8.